The Morgan fingerprint density at radius 2 is 2.55 bits per heavy atom. The van der Waals surface area contributed by atoms with Crippen molar-refractivity contribution in [2.24, 2.45) is 11.1 Å². The third-order valence-corrected chi connectivity index (χ3v) is 1.77. The second kappa shape index (κ2) is 3.94. The van der Waals surface area contributed by atoms with Crippen LogP contribution in [-0.4, -0.2) is 24.1 Å². The van der Waals surface area contributed by atoms with Crippen molar-refractivity contribution in [2.45, 2.75) is 12.8 Å². The third kappa shape index (κ3) is 1.92. The van der Waals surface area contributed by atoms with E-state index in [1.54, 1.807) is 0 Å². The molecule has 0 aromatic carbocycles. The Morgan fingerprint density at radius 1 is 1.73 bits per heavy atom. The predicted molar refractivity (Wildman–Crippen MR) is 38.4 cm³/mol. The quantitative estimate of drug-likeness (QED) is 0.344. The Morgan fingerprint density at radius 3 is 3.00 bits per heavy atom. The van der Waals surface area contributed by atoms with E-state index in [0.29, 0.717) is 6.61 Å². The number of hydrogen-bond acceptors (Lipinski definition) is 4. The van der Waals surface area contributed by atoms with E-state index in [1.807, 2.05) is 6.07 Å². The highest BCUT2D eigenvalue weighted by Crippen LogP contribution is 2.14. The SMILES string of the molecule is N#CC(=NO)C1CCCOC1. The van der Waals surface area contributed by atoms with Crippen molar-refractivity contribution in [1.82, 2.24) is 0 Å². The van der Waals surface area contributed by atoms with Gasteiger partial charge in [0.05, 0.1) is 6.61 Å². The smallest absolute Gasteiger partial charge is 0.162 e. The van der Waals surface area contributed by atoms with Crippen molar-refractivity contribution in [3.05, 3.63) is 0 Å². The minimum Gasteiger partial charge on any atom is -0.410 e. The van der Waals surface area contributed by atoms with Crippen LogP contribution < -0.4 is 0 Å². The molecular weight excluding hydrogens is 144 g/mol. The van der Waals surface area contributed by atoms with Crippen LogP contribution in [0.1, 0.15) is 12.8 Å². The number of ether oxygens (including phenoxy) is 1. The average molecular weight is 154 g/mol. The number of rotatable bonds is 1. The van der Waals surface area contributed by atoms with Gasteiger partial charge < -0.3 is 9.94 Å². The third-order valence-electron chi connectivity index (χ3n) is 1.77. The Balaban J connectivity index is 2.52. The van der Waals surface area contributed by atoms with Gasteiger partial charge in [-0.15, -0.1) is 0 Å². The van der Waals surface area contributed by atoms with Gasteiger partial charge in [0.25, 0.3) is 0 Å². The maximum absolute atomic E-state index is 8.48. The van der Waals surface area contributed by atoms with E-state index in [0.717, 1.165) is 19.4 Å². The Kier molecular flexibility index (Phi) is 2.87. The van der Waals surface area contributed by atoms with Gasteiger partial charge in [-0.05, 0) is 12.8 Å². The lowest BCUT2D eigenvalue weighted by atomic mass is 9.98. The van der Waals surface area contributed by atoms with Crippen LogP contribution in [-0.2, 0) is 4.74 Å². The summed E-state index contributed by atoms with van der Waals surface area (Å²) >= 11 is 0. The molecule has 1 aliphatic rings. The molecule has 60 valence electrons. The van der Waals surface area contributed by atoms with E-state index < -0.39 is 0 Å². The second-order valence-electron chi connectivity index (χ2n) is 2.51. The van der Waals surface area contributed by atoms with E-state index in [2.05, 4.69) is 5.16 Å². The summed E-state index contributed by atoms with van der Waals surface area (Å²) in [6.45, 7) is 1.26. The molecule has 1 saturated heterocycles. The normalized spacial score (nSPS) is 26.1. The Bertz CT molecular complexity index is 189. The standard InChI is InChI=1S/C7H10N2O2/c8-4-7(9-10)6-2-1-3-11-5-6/h6,10H,1-3,5H2. The molecule has 0 aliphatic carbocycles. The fourth-order valence-electron chi connectivity index (χ4n) is 1.15. The van der Waals surface area contributed by atoms with Crippen molar-refractivity contribution in [3.63, 3.8) is 0 Å². The lowest BCUT2D eigenvalue weighted by Gasteiger charge is -2.19. The van der Waals surface area contributed by atoms with Crippen LogP contribution in [0.5, 0.6) is 0 Å². The fraction of sp³-hybridized carbons (Fsp3) is 0.714. The fourth-order valence-corrected chi connectivity index (χ4v) is 1.15. The molecule has 0 saturated carbocycles. The minimum atomic E-state index is -0.00116. The van der Waals surface area contributed by atoms with Gasteiger partial charge in [0.15, 0.2) is 5.71 Å². The molecule has 4 heteroatoms. The summed E-state index contributed by atoms with van der Waals surface area (Å²) in [5, 5.41) is 19.8. The molecule has 0 aromatic rings. The number of nitrogens with zero attached hydrogens (tertiary/aromatic N) is 2. The number of oxime groups is 1. The minimum absolute atomic E-state index is 0.00116. The zero-order chi connectivity index (χ0) is 8.10. The molecule has 1 fully saturated rings. The maximum Gasteiger partial charge on any atom is 0.162 e. The molecule has 0 bridgehead atoms. The summed E-state index contributed by atoms with van der Waals surface area (Å²) in [5.41, 5.74) is 0.185. The summed E-state index contributed by atoms with van der Waals surface area (Å²) in [6, 6.07) is 1.84. The maximum atomic E-state index is 8.48. The number of hydrogen-bond donors (Lipinski definition) is 1. The second-order valence-corrected chi connectivity index (χ2v) is 2.51. The van der Waals surface area contributed by atoms with Crippen LogP contribution in [0.2, 0.25) is 0 Å². The van der Waals surface area contributed by atoms with Crippen molar-refractivity contribution in [3.8, 4) is 6.07 Å². The van der Waals surface area contributed by atoms with E-state index in [1.165, 1.54) is 0 Å². The first-order chi connectivity index (χ1) is 5.38. The zero-order valence-electron chi connectivity index (χ0n) is 6.16. The van der Waals surface area contributed by atoms with Gasteiger partial charge in [0.2, 0.25) is 0 Å². The summed E-state index contributed by atoms with van der Waals surface area (Å²) in [6.07, 6.45) is 1.82. The molecule has 0 amide bonds. The predicted octanol–water partition coefficient (Wildman–Crippen LogP) is 0.767. The van der Waals surface area contributed by atoms with Crippen molar-refractivity contribution in [1.29, 1.82) is 5.26 Å². The van der Waals surface area contributed by atoms with Gasteiger partial charge in [0, 0.05) is 12.5 Å². The van der Waals surface area contributed by atoms with Gasteiger partial charge in [-0.1, -0.05) is 5.16 Å². The van der Waals surface area contributed by atoms with E-state index in [9.17, 15) is 0 Å². The van der Waals surface area contributed by atoms with Crippen LogP contribution in [0.4, 0.5) is 0 Å². The summed E-state index contributed by atoms with van der Waals surface area (Å²) in [7, 11) is 0. The van der Waals surface area contributed by atoms with Gasteiger partial charge in [0.1, 0.15) is 6.07 Å². The zero-order valence-corrected chi connectivity index (χ0v) is 6.16. The van der Waals surface area contributed by atoms with Gasteiger partial charge in [-0.2, -0.15) is 5.26 Å². The molecule has 1 atom stereocenters. The Labute approximate surface area is 65.1 Å². The van der Waals surface area contributed by atoms with Crippen molar-refractivity contribution < 1.29 is 9.94 Å². The molecule has 1 aliphatic heterocycles. The highest BCUT2D eigenvalue weighted by molar-refractivity contribution is 5.99. The Hall–Kier alpha value is -1.08. The molecule has 1 unspecified atom stereocenters. The van der Waals surface area contributed by atoms with Crippen molar-refractivity contribution in [2.75, 3.05) is 13.2 Å². The molecule has 0 spiro atoms. The molecule has 11 heavy (non-hydrogen) atoms. The largest absolute Gasteiger partial charge is 0.410 e. The highest BCUT2D eigenvalue weighted by Gasteiger charge is 2.19. The lowest BCUT2D eigenvalue weighted by Crippen LogP contribution is -2.24. The summed E-state index contributed by atoms with van der Waals surface area (Å²) in [4.78, 5) is 0. The first-order valence-corrected chi connectivity index (χ1v) is 3.58. The van der Waals surface area contributed by atoms with Gasteiger partial charge in [-0.25, -0.2) is 0 Å². The monoisotopic (exact) mass is 154 g/mol. The van der Waals surface area contributed by atoms with Crippen molar-refractivity contribution >= 4 is 5.71 Å². The van der Waals surface area contributed by atoms with Crippen LogP contribution in [0, 0.1) is 17.2 Å². The summed E-state index contributed by atoms with van der Waals surface area (Å²) < 4.78 is 5.12. The van der Waals surface area contributed by atoms with Crippen LogP contribution in [0.3, 0.4) is 0 Å². The van der Waals surface area contributed by atoms with E-state index >= 15 is 0 Å². The van der Waals surface area contributed by atoms with Gasteiger partial charge >= 0.3 is 0 Å². The molecular formula is C7H10N2O2. The topological polar surface area (TPSA) is 65.6 Å². The number of nitriles is 1. The molecule has 4 nitrogen and oxygen atoms in total. The first-order valence-electron chi connectivity index (χ1n) is 3.58. The molecule has 0 aromatic heterocycles. The van der Waals surface area contributed by atoms with Crippen LogP contribution in [0.25, 0.3) is 0 Å². The van der Waals surface area contributed by atoms with Crippen LogP contribution >= 0.6 is 0 Å². The van der Waals surface area contributed by atoms with E-state index in [-0.39, 0.29) is 11.6 Å². The lowest BCUT2D eigenvalue weighted by molar-refractivity contribution is 0.0762. The van der Waals surface area contributed by atoms with E-state index in [4.69, 9.17) is 15.2 Å². The average Bonchev–Trinajstić information content (AvgIpc) is 2.09. The van der Waals surface area contributed by atoms with Crippen LogP contribution in [0.15, 0.2) is 5.16 Å². The molecule has 1 heterocycles. The molecule has 0 radical (unpaired) electrons. The molecule has 1 rings (SSSR count). The molecule has 1 N–H and O–H groups in total. The first kappa shape index (κ1) is 8.02. The highest BCUT2D eigenvalue weighted by atomic mass is 16.5. The van der Waals surface area contributed by atoms with Gasteiger partial charge in [-0.3, -0.25) is 0 Å². The summed E-state index contributed by atoms with van der Waals surface area (Å²) in [5.74, 6) is -0.00116.